The Morgan fingerprint density at radius 1 is 0.812 bits per heavy atom. The molecule has 3 heteroatoms. The molecule has 0 atom stereocenters. The van der Waals surface area contributed by atoms with Crippen molar-refractivity contribution in [3.63, 3.8) is 0 Å². The van der Waals surface area contributed by atoms with Crippen LogP contribution < -0.4 is 0 Å². The van der Waals surface area contributed by atoms with Gasteiger partial charge in [0.2, 0.25) is 0 Å². The second-order valence-corrected chi connectivity index (χ2v) is 4.24. The lowest BCUT2D eigenvalue weighted by Gasteiger charge is -2.15. The smallest absolute Gasteiger partial charge is 0.434 e. The van der Waals surface area contributed by atoms with E-state index in [9.17, 15) is 4.79 Å². The molecule has 0 unspecified atom stereocenters. The van der Waals surface area contributed by atoms with Gasteiger partial charge in [-0.15, -0.1) is 0 Å². The van der Waals surface area contributed by atoms with Crippen LogP contribution in [-0.2, 0) is 9.47 Å². The number of carbonyl (C=O) groups is 1. The minimum absolute atomic E-state index is 0.459. The number of ether oxygens (including phenoxy) is 2. The first-order valence-electron chi connectivity index (χ1n) is 6.47. The minimum atomic E-state index is -0.515. The van der Waals surface area contributed by atoms with Gasteiger partial charge in [-0.3, -0.25) is 0 Å². The van der Waals surface area contributed by atoms with Gasteiger partial charge in [-0.05, 0) is 11.8 Å². The van der Waals surface area contributed by atoms with Crippen LogP contribution in [0.2, 0.25) is 0 Å². The predicted octanol–water partition coefficient (Wildman–Crippen LogP) is 4.01. The average molecular weight is 230 g/mol. The topological polar surface area (TPSA) is 35.5 Å². The molecule has 0 rings (SSSR count). The predicted molar refractivity (Wildman–Crippen MR) is 65.4 cm³/mol. The first kappa shape index (κ1) is 15.3. The molecule has 0 saturated heterocycles. The Balaban J connectivity index is 3.65. The molecule has 0 N–H and O–H groups in total. The van der Waals surface area contributed by atoms with Crippen LogP contribution in [0.25, 0.3) is 0 Å². The lowest BCUT2D eigenvalue weighted by molar-refractivity contribution is 0.0329. The molecule has 0 aromatic heterocycles. The molecule has 0 aliphatic carbocycles. The minimum Gasteiger partial charge on any atom is -0.434 e. The molecule has 0 aliphatic rings. The van der Waals surface area contributed by atoms with E-state index < -0.39 is 6.16 Å². The Labute approximate surface area is 99.5 Å². The molecule has 0 radical (unpaired) electrons. The summed E-state index contributed by atoms with van der Waals surface area (Å²) in [6.07, 6.45) is 3.64. The normalized spacial score (nSPS) is 10.9. The van der Waals surface area contributed by atoms with Gasteiger partial charge in [0, 0.05) is 0 Å². The zero-order valence-electron chi connectivity index (χ0n) is 11.1. The summed E-state index contributed by atoms with van der Waals surface area (Å²) in [5, 5.41) is 0. The van der Waals surface area contributed by atoms with Gasteiger partial charge >= 0.3 is 6.16 Å². The summed E-state index contributed by atoms with van der Waals surface area (Å²) in [5.74, 6) is 0.918. The van der Waals surface area contributed by atoms with Crippen LogP contribution in [0.5, 0.6) is 0 Å². The molecule has 0 amide bonds. The maximum Gasteiger partial charge on any atom is 0.508 e. The van der Waals surface area contributed by atoms with Crippen molar-refractivity contribution < 1.29 is 14.3 Å². The van der Waals surface area contributed by atoms with Crippen molar-refractivity contribution >= 4 is 6.16 Å². The third kappa shape index (κ3) is 6.70. The third-order valence-electron chi connectivity index (χ3n) is 3.18. The second kappa shape index (κ2) is 9.49. The van der Waals surface area contributed by atoms with Crippen LogP contribution in [-0.4, -0.2) is 19.4 Å². The van der Waals surface area contributed by atoms with Gasteiger partial charge in [0.1, 0.15) is 0 Å². The summed E-state index contributed by atoms with van der Waals surface area (Å²) in [6, 6.07) is 0. The van der Waals surface area contributed by atoms with E-state index in [4.69, 9.17) is 9.47 Å². The van der Waals surface area contributed by atoms with Crippen LogP contribution in [0, 0.1) is 11.8 Å². The number of hydrogen-bond donors (Lipinski definition) is 0. The molecule has 0 spiro atoms. The molecule has 16 heavy (non-hydrogen) atoms. The van der Waals surface area contributed by atoms with Gasteiger partial charge in [-0.2, -0.15) is 0 Å². The Kier molecular flexibility index (Phi) is 9.06. The van der Waals surface area contributed by atoms with E-state index in [1.807, 2.05) is 0 Å². The Morgan fingerprint density at radius 3 is 1.38 bits per heavy atom. The van der Waals surface area contributed by atoms with E-state index in [1.165, 1.54) is 0 Å². The highest BCUT2D eigenvalue weighted by molar-refractivity contribution is 5.59. The van der Waals surface area contributed by atoms with E-state index >= 15 is 0 Å². The molecule has 0 bridgehead atoms. The molecule has 96 valence electrons. The van der Waals surface area contributed by atoms with Crippen LogP contribution in [0.4, 0.5) is 4.79 Å². The molecule has 0 heterocycles. The summed E-state index contributed by atoms with van der Waals surface area (Å²) in [4.78, 5) is 11.3. The van der Waals surface area contributed by atoms with Crippen molar-refractivity contribution in [1.29, 1.82) is 0 Å². The van der Waals surface area contributed by atoms with Crippen molar-refractivity contribution in [2.45, 2.75) is 53.4 Å². The molecule has 0 aromatic carbocycles. The fourth-order valence-electron chi connectivity index (χ4n) is 1.46. The molecular formula is C13H26O3. The summed E-state index contributed by atoms with van der Waals surface area (Å²) in [6.45, 7) is 9.38. The van der Waals surface area contributed by atoms with Gasteiger partial charge < -0.3 is 9.47 Å². The lowest BCUT2D eigenvalue weighted by Crippen LogP contribution is -2.17. The van der Waals surface area contributed by atoms with E-state index in [1.54, 1.807) is 0 Å². The first-order chi connectivity index (χ1) is 7.67. The monoisotopic (exact) mass is 230 g/mol. The standard InChI is InChI=1S/C13H26O3/c1-5-11(6-2)9-15-13(14)16-10-12(7-3)8-4/h11-12H,5-10H2,1-4H3. The van der Waals surface area contributed by atoms with Crippen LogP contribution in [0.3, 0.4) is 0 Å². The summed E-state index contributed by atoms with van der Waals surface area (Å²) >= 11 is 0. The highest BCUT2D eigenvalue weighted by Gasteiger charge is 2.11. The van der Waals surface area contributed by atoms with Crippen molar-refractivity contribution in [2.24, 2.45) is 11.8 Å². The van der Waals surface area contributed by atoms with E-state index in [2.05, 4.69) is 27.7 Å². The highest BCUT2D eigenvalue weighted by atomic mass is 16.7. The zero-order chi connectivity index (χ0) is 12.4. The molecule has 0 aromatic rings. The Hall–Kier alpha value is -0.730. The van der Waals surface area contributed by atoms with Crippen LogP contribution >= 0.6 is 0 Å². The highest BCUT2D eigenvalue weighted by Crippen LogP contribution is 2.10. The fourth-order valence-corrected chi connectivity index (χ4v) is 1.46. The molecule has 0 aliphatic heterocycles. The third-order valence-corrected chi connectivity index (χ3v) is 3.18. The molecular weight excluding hydrogens is 204 g/mol. The zero-order valence-corrected chi connectivity index (χ0v) is 11.1. The van der Waals surface area contributed by atoms with Crippen LogP contribution in [0.1, 0.15) is 53.4 Å². The SMILES string of the molecule is CCC(CC)COC(=O)OCC(CC)CC. The summed E-state index contributed by atoms with van der Waals surface area (Å²) < 4.78 is 10.1. The molecule has 0 fully saturated rings. The van der Waals surface area contributed by atoms with E-state index in [0.717, 1.165) is 25.7 Å². The first-order valence-corrected chi connectivity index (χ1v) is 6.47. The quantitative estimate of drug-likeness (QED) is 0.591. The maximum absolute atomic E-state index is 11.3. The van der Waals surface area contributed by atoms with Crippen molar-refractivity contribution in [3.8, 4) is 0 Å². The second-order valence-electron chi connectivity index (χ2n) is 4.24. The van der Waals surface area contributed by atoms with Crippen molar-refractivity contribution in [3.05, 3.63) is 0 Å². The average Bonchev–Trinajstić information content (AvgIpc) is 2.31. The van der Waals surface area contributed by atoms with Gasteiger partial charge in [-0.1, -0.05) is 53.4 Å². The van der Waals surface area contributed by atoms with Gasteiger partial charge in [0.25, 0.3) is 0 Å². The Bertz CT molecular complexity index is 154. The summed E-state index contributed by atoms with van der Waals surface area (Å²) in [7, 11) is 0. The van der Waals surface area contributed by atoms with Crippen LogP contribution in [0.15, 0.2) is 0 Å². The lowest BCUT2D eigenvalue weighted by atomic mass is 10.1. The molecule has 3 nitrogen and oxygen atoms in total. The van der Waals surface area contributed by atoms with Gasteiger partial charge in [0.05, 0.1) is 13.2 Å². The van der Waals surface area contributed by atoms with Crippen molar-refractivity contribution in [2.75, 3.05) is 13.2 Å². The van der Waals surface area contributed by atoms with Gasteiger partial charge in [-0.25, -0.2) is 4.79 Å². The summed E-state index contributed by atoms with van der Waals surface area (Å²) in [5.41, 5.74) is 0. The number of hydrogen-bond acceptors (Lipinski definition) is 3. The largest absolute Gasteiger partial charge is 0.508 e. The van der Waals surface area contributed by atoms with Crippen molar-refractivity contribution in [1.82, 2.24) is 0 Å². The molecule has 0 saturated carbocycles. The van der Waals surface area contributed by atoms with E-state index in [-0.39, 0.29) is 0 Å². The number of rotatable bonds is 8. The Morgan fingerprint density at radius 2 is 1.12 bits per heavy atom. The maximum atomic E-state index is 11.3. The fraction of sp³-hybridized carbons (Fsp3) is 0.923. The van der Waals surface area contributed by atoms with E-state index in [0.29, 0.717) is 25.0 Å². The van der Waals surface area contributed by atoms with Gasteiger partial charge in [0.15, 0.2) is 0 Å². The number of carbonyl (C=O) groups excluding carboxylic acids is 1.